The van der Waals surface area contributed by atoms with E-state index in [1.54, 1.807) is 0 Å². The van der Waals surface area contributed by atoms with Gasteiger partial charge in [0.2, 0.25) is 0 Å². The lowest BCUT2D eigenvalue weighted by molar-refractivity contribution is -0.140. The molecule has 0 aromatic heterocycles. The van der Waals surface area contributed by atoms with Crippen LogP contribution < -0.4 is 0 Å². The molecule has 0 amide bonds. The normalized spacial score (nSPS) is 37.2. The highest BCUT2D eigenvalue weighted by atomic mass is 32.2. The monoisotopic (exact) mass is 300 g/mol. The molecule has 4 nitrogen and oxygen atoms in total. The summed E-state index contributed by atoms with van der Waals surface area (Å²) in [7, 11) is -3.50. The lowest BCUT2D eigenvalue weighted by Crippen LogP contribution is -2.53. The van der Waals surface area contributed by atoms with E-state index in [-0.39, 0.29) is 17.1 Å². The van der Waals surface area contributed by atoms with Gasteiger partial charge in [-0.25, -0.2) is 0 Å². The summed E-state index contributed by atoms with van der Waals surface area (Å²) in [6, 6.07) is 0. The van der Waals surface area contributed by atoms with Crippen LogP contribution in [0.1, 0.15) is 47.0 Å². The van der Waals surface area contributed by atoms with Gasteiger partial charge in [0, 0.05) is 5.41 Å². The van der Waals surface area contributed by atoms with Gasteiger partial charge in [0.15, 0.2) is 5.78 Å². The molecule has 5 heteroatoms. The van der Waals surface area contributed by atoms with Gasteiger partial charge in [-0.2, -0.15) is 8.42 Å². The molecule has 2 aliphatic rings. The Labute approximate surface area is 121 Å². The van der Waals surface area contributed by atoms with Crippen molar-refractivity contribution in [3.05, 3.63) is 11.6 Å². The van der Waals surface area contributed by atoms with E-state index in [0.29, 0.717) is 12.8 Å². The average Bonchev–Trinajstić information content (AvgIpc) is 2.21. The van der Waals surface area contributed by atoms with E-state index in [1.807, 2.05) is 19.9 Å². The molecule has 0 aromatic carbocycles. The summed E-state index contributed by atoms with van der Waals surface area (Å²) in [6.07, 6.45) is 4.72. The summed E-state index contributed by atoms with van der Waals surface area (Å²) in [6.45, 7) is 8.03. The predicted molar refractivity (Wildman–Crippen MR) is 77.7 cm³/mol. The number of rotatable bonds is 2. The Hall–Kier alpha value is -0.680. The van der Waals surface area contributed by atoms with Gasteiger partial charge in [0.25, 0.3) is 10.1 Å². The second-order valence-corrected chi connectivity index (χ2v) is 8.84. The van der Waals surface area contributed by atoms with E-state index in [0.717, 1.165) is 18.2 Å². The van der Waals surface area contributed by atoms with E-state index in [9.17, 15) is 13.2 Å². The molecular formula is C15H24O4S. The molecule has 3 atom stereocenters. The van der Waals surface area contributed by atoms with Gasteiger partial charge in [0.05, 0.1) is 12.4 Å². The van der Waals surface area contributed by atoms with Crippen LogP contribution in [0, 0.1) is 16.7 Å². The Bertz CT molecular complexity index is 558. The highest BCUT2D eigenvalue weighted by molar-refractivity contribution is 7.86. The lowest BCUT2D eigenvalue weighted by Gasteiger charge is -2.53. The molecule has 20 heavy (non-hydrogen) atoms. The molecule has 2 rings (SSSR count). The Morgan fingerprint density at radius 1 is 1.25 bits per heavy atom. The summed E-state index contributed by atoms with van der Waals surface area (Å²) in [5.74, 6) is 0.384. The highest BCUT2D eigenvalue weighted by Crippen LogP contribution is 2.56. The Morgan fingerprint density at radius 2 is 1.85 bits per heavy atom. The summed E-state index contributed by atoms with van der Waals surface area (Å²) < 4.78 is 28.0. The van der Waals surface area contributed by atoms with Crippen molar-refractivity contribution in [2.24, 2.45) is 16.7 Å². The van der Waals surface area contributed by atoms with Crippen LogP contribution >= 0.6 is 0 Å². The third kappa shape index (κ3) is 2.70. The average molecular weight is 300 g/mol. The molecule has 0 saturated heterocycles. The maximum atomic E-state index is 12.6. The fourth-order valence-electron chi connectivity index (χ4n) is 4.26. The molecule has 0 bridgehead atoms. The first-order valence-corrected chi connectivity index (χ1v) is 8.87. The molecule has 1 saturated carbocycles. The van der Waals surface area contributed by atoms with Crippen molar-refractivity contribution in [2.75, 3.05) is 6.26 Å². The number of carbonyl (C=O) groups excluding carboxylic acids is 1. The number of hydrogen-bond donors (Lipinski definition) is 0. The lowest BCUT2D eigenvalue weighted by atomic mass is 9.51. The van der Waals surface area contributed by atoms with Gasteiger partial charge < -0.3 is 0 Å². The number of fused-ring (bicyclic) bond motifs is 1. The molecular weight excluding hydrogens is 276 g/mol. The summed E-state index contributed by atoms with van der Waals surface area (Å²) in [4.78, 5) is 12.6. The van der Waals surface area contributed by atoms with Crippen molar-refractivity contribution in [3.8, 4) is 0 Å². The van der Waals surface area contributed by atoms with E-state index in [2.05, 4.69) is 13.8 Å². The van der Waals surface area contributed by atoms with Gasteiger partial charge in [-0.15, -0.1) is 0 Å². The molecule has 0 spiro atoms. The van der Waals surface area contributed by atoms with Crippen molar-refractivity contribution < 1.29 is 17.4 Å². The van der Waals surface area contributed by atoms with Crippen molar-refractivity contribution in [2.45, 2.75) is 53.1 Å². The molecule has 0 heterocycles. The summed E-state index contributed by atoms with van der Waals surface area (Å²) in [5, 5.41) is 0. The first-order valence-electron chi connectivity index (χ1n) is 7.05. The topological polar surface area (TPSA) is 60.4 Å². The van der Waals surface area contributed by atoms with Gasteiger partial charge in [-0.1, -0.05) is 26.8 Å². The molecule has 2 aliphatic carbocycles. The number of carbonyl (C=O) groups is 1. The minimum Gasteiger partial charge on any atom is -0.294 e. The Morgan fingerprint density at radius 3 is 2.40 bits per heavy atom. The number of Topliss-reactive ketones (excluding diaryl/α,β-unsaturated/α-hetero) is 1. The standard InChI is InChI=1S/C15H24O4S/c1-10-6-7-12-14(2,3)8-11(19-20(5,17)18)9-15(12,4)13(10)16/h6,11-12H,7-9H2,1-5H3/t11-,12+,15+/m1/s1. The number of hydrogen-bond acceptors (Lipinski definition) is 4. The zero-order valence-electron chi connectivity index (χ0n) is 12.9. The minimum absolute atomic E-state index is 0.116. The van der Waals surface area contributed by atoms with Crippen LogP contribution in [0.5, 0.6) is 0 Å². The largest absolute Gasteiger partial charge is 0.294 e. The molecule has 114 valence electrons. The molecule has 0 unspecified atom stereocenters. The zero-order chi connectivity index (χ0) is 15.3. The Balaban J connectivity index is 2.38. The first kappa shape index (κ1) is 15.7. The van der Waals surface area contributed by atoms with Crippen molar-refractivity contribution in [1.29, 1.82) is 0 Å². The molecule has 0 aromatic rings. The number of allylic oxidation sites excluding steroid dienone is 2. The van der Waals surface area contributed by atoms with Gasteiger partial charge in [-0.05, 0) is 43.1 Å². The Kier molecular flexibility index (Phi) is 3.66. The second kappa shape index (κ2) is 4.67. The van der Waals surface area contributed by atoms with E-state index in [4.69, 9.17) is 4.18 Å². The van der Waals surface area contributed by atoms with Crippen LogP contribution in [-0.4, -0.2) is 26.6 Å². The second-order valence-electron chi connectivity index (χ2n) is 7.24. The van der Waals surface area contributed by atoms with Crippen LogP contribution in [0.15, 0.2) is 11.6 Å². The highest BCUT2D eigenvalue weighted by Gasteiger charge is 2.55. The van der Waals surface area contributed by atoms with Crippen LogP contribution in [0.4, 0.5) is 0 Å². The zero-order valence-corrected chi connectivity index (χ0v) is 13.7. The number of ketones is 1. The van der Waals surface area contributed by atoms with Gasteiger partial charge in [0.1, 0.15) is 0 Å². The maximum absolute atomic E-state index is 12.6. The summed E-state index contributed by atoms with van der Waals surface area (Å²) >= 11 is 0. The van der Waals surface area contributed by atoms with Gasteiger partial charge in [-0.3, -0.25) is 8.98 Å². The summed E-state index contributed by atoms with van der Waals surface area (Å²) in [5.41, 5.74) is 0.157. The maximum Gasteiger partial charge on any atom is 0.264 e. The van der Waals surface area contributed by atoms with Crippen LogP contribution in [0.25, 0.3) is 0 Å². The SMILES string of the molecule is CC1=CC[C@H]2C(C)(C)C[C@@H](OS(C)(=O)=O)C[C@]2(C)C1=O. The predicted octanol–water partition coefficient (Wildman–Crippen LogP) is 2.69. The van der Waals surface area contributed by atoms with Crippen LogP contribution in [-0.2, 0) is 19.1 Å². The van der Waals surface area contributed by atoms with E-state index >= 15 is 0 Å². The first-order chi connectivity index (χ1) is 8.96. The third-order valence-electron chi connectivity index (χ3n) is 4.97. The molecule has 0 radical (unpaired) electrons. The fourth-order valence-corrected chi connectivity index (χ4v) is 4.89. The van der Waals surface area contributed by atoms with Crippen molar-refractivity contribution in [1.82, 2.24) is 0 Å². The molecule has 0 aliphatic heterocycles. The smallest absolute Gasteiger partial charge is 0.264 e. The third-order valence-corrected chi connectivity index (χ3v) is 5.59. The van der Waals surface area contributed by atoms with Gasteiger partial charge >= 0.3 is 0 Å². The quantitative estimate of drug-likeness (QED) is 0.736. The fraction of sp³-hybridized carbons (Fsp3) is 0.800. The van der Waals surface area contributed by atoms with Crippen LogP contribution in [0.2, 0.25) is 0 Å². The molecule has 0 N–H and O–H groups in total. The van der Waals surface area contributed by atoms with Crippen molar-refractivity contribution >= 4 is 15.9 Å². The van der Waals surface area contributed by atoms with E-state index < -0.39 is 21.6 Å². The minimum atomic E-state index is -3.50. The van der Waals surface area contributed by atoms with Crippen LogP contribution in [0.3, 0.4) is 0 Å². The van der Waals surface area contributed by atoms with E-state index in [1.165, 1.54) is 0 Å². The van der Waals surface area contributed by atoms with Crippen molar-refractivity contribution in [3.63, 3.8) is 0 Å². The molecule has 1 fully saturated rings.